The average Bonchev–Trinajstić information content (AvgIpc) is 2.32. The maximum Gasteiger partial charge on any atom is 0.436 e. The van der Waals surface area contributed by atoms with E-state index in [0.29, 0.717) is 0 Å². The van der Waals surface area contributed by atoms with Crippen molar-refractivity contribution in [1.29, 1.82) is 0 Å². The first-order chi connectivity index (χ1) is 5.96. The molecular weight excluding hydrogens is 209 g/mol. The lowest BCUT2D eigenvalue weighted by Gasteiger charge is -2.01. The van der Waals surface area contributed by atoms with Crippen LogP contribution in [0.4, 0.5) is 13.2 Å². The largest absolute Gasteiger partial charge is 0.436 e. The Balaban J connectivity index is 2.99. The number of aromatic nitrogens is 2. The van der Waals surface area contributed by atoms with Crippen molar-refractivity contribution >= 4 is 11.6 Å². The number of methoxy groups -OCH3 is 1. The van der Waals surface area contributed by atoms with E-state index in [1.54, 1.807) is 0 Å². The number of hydrogen-bond donors (Lipinski definition) is 1. The van der Waals surface area contributed by atoms with Crippen LogP contribution in [0, 0.1) is 0 Å². The zero-order chi connectivity index (χ0) is 10.1. The van der Waals surface area contributed by atoms with Gasteiger partial charge in [0.2, 0.25) is 0 Å². The lowest BCUT2D eigenvalue weighted by atomic mass is 10.3. The Morgan fingerprint density at radius 1 is 1.54 bits per heavy atom. The molecule has 0 aliphatic heterocycles. The molecule has 0 bridgehead atoms. The summed E-state index contributed by atoms with van der Waals surface area (Å²) in [6.07, 6.45) is -4.53. The van der Waals surface area contributed by atoms with Crippen LogP contribution in [0.25, 0.3) is 0 Å². The summed E-state index contributed by atoms with van der Waals surface area (Å²) in [6, 6.07) is 0. The molecule has 1 aromatic rings. The van der Waals surface area contributed by atoms with Gasteiger partial charge in [-0.2, -0.15) is 18.3 Å². The summed E-state index contributed by atoms with van der Waals surface area (Å²) in [6.45, 7) is -0.0259. The zero-order valence-corrected chi connectivity index (χ0v) is 7.33. The third-order valence-corrected chi connectivity index (χ3v) is 1.74. The monoisotopic (exact) mass is 214 g/mol. The first-order valence-corrected chi connectivity index (χ1v) is 3.63. The van der Waals surface area contributed by atoms with E-state index in [9.17, 15) is 13.2 Å². The van der Waals surface area contributed by atoms with E-state index in [-0.39, 0.29) is 12.3 Å². The number of nitrogens with zero attached hydrogens (tertiary/aromatic N) is 1. The summed E-state index contributed by atoms with van der Waals surface area (Å²) >= 11 is 5.39. The Morgan fingerprint density at radius 3 is 2.54 bits per heavy atom. The maximum atomic E-state index is 12.1. The third-order valence-electron chi connectivity index (χ3n) is 1.33. The molecule has 0 spiro atoms. The second kappa shape index (κ2) is 3.55. The van der Waals surface area contributed by atoms with Gasteiger partial charge in [-0.15, -0.1) is 0 Å². The molecule has 0 radical (unpaired) electrons. The Hall–Kier alpha value is -0.750. The Kier molecular flexibility index (Phi) is 2.82. The molecule has 0 saturated heterocycles. The van der Waals surface area contributed by atoms with Gasteiger partial charge in [-0.3, -0.25) is 5.10 Å². The molecule has 74 valence electrons. The normalized spacial score (nSPS) is 12.1. The van der Waals surface area contributed by atoms with Gasteiger partial charge >= 0.3 is 6.18 Å². The summed E-state index contributed by atoms with van der Waals surface area (Å²) < 4.78 is 40.9. The van der Waals surface area contributed by atoms with Crippen molar-refractivity contribution in [1.82, 2.24) is 10.2 Å². The number of halogens is 4. The quantitative estimate of drug-likeness (QED) is 0.820. The molecular formula is C6H6ClF3N2O. The summed E-state index contributed by atoms with van der Waals surface area (Å²) in [5.74, 6) is 0. The number of alkyl halides is 3. The van der Waals surface area contributed by atoms with E-state index in [0.717, 1.165) is 0 Å². The van der Waals surface area contributed by atoms with Gasteiger partial charge in [0, 0.05) is 7.11 Å². The molecule has 1 rings (SSSR count). The molecule has 0 aliphatic carbocycles. The van der Waals surface area contributed by atoms with Crippen LogP contribution in [-0.4, -0.2) is 17.3 Å². The fourth-order valence-electron chi connectivity index (χ4n) is 0.792. The van der Waals surface area contributed by atoms with Gasteiger partial charge < -0.3 is 4.74 Å². The van der Waals surface area contributed by atoms with Crippen LogP contribution in [0.2, 0.25) is 5.02 Å². The van der Waals surface area contributed by atoms with Crippen molar-refractivity contribution in [3.63, 3.8) is 0 Å². The molecule has 0 unspecified atom stereocenters. The van der Waals surface area contributed by atoms with E-state index in [4.69, 9.17) is 11.6 Å². The standard InChI is InChI=1S/C6H6ClF3N2O/c1-13-2-3-4(7)5(12-11-3)6(8,9)10/h2H2,1H3,(H,11,12). The minimum absolute atomic E-state index is 0.0259. The van der Waals surface area contributed by atoms with Crippen LogP contribution in [-0.2, 0) is 17.5 Å². The predicted octanol–water partition coefficient (Wildman–Crippen LogP) is 2.23. The van der Waals surface area contributed by atoms with Crippen LogP contribution in [0.1, 0.15) is 11.4 Å². The number of H-pyrrole nitrogens is 1. The summed E-state index contributed by atoms with van der Waals surface area (Å²) in [4.78, 5) is 0. The number of aromatic amines is 1. The van der Waals surface area contributed by atoms with E-state index >= 15 is 0 Å². The minimum Gasteiger partial charge on any atom is -0.378 e. The maximum absolute atomic E-state index is 12.1. The van der Waals surface area contributed by atoms with Gasteiger partial charge in [0.05, 0.1) is 17.3 Å². The van der Waals surface area contributed by atoms with Crippen LogP contribution in [0.5, 0.6) is 0 Å². The number of ether oxygens (including phenoxy) is 1. The molecule has 0 aromatic carbocycles. The molecule has 0 fully saturated rings. The zero-order valence-electron chi connectivity index (χ0n) is 6.57. The first kappa shape index (κ1) is 10.3. The Labute approximate surface area is 76.8 Å². The Morgan fingerprint density at radius 2 is 2.15 bits per heavy atom. The fourth-order valence-corrected chi connectivity index (χ4v) is 1.04. The van der Waals surface area contributed by atoms with E-state index < -0.39 is 16.9 Å². The topological polar surface area (TPSA) is 37.9 Å². The Bertz CT molecular complexity index is 297. The molecule has 1 aromatic heterocycles. The molecule has 13 heavy (non-hydrogen) atoms. The van der Waals surface area contributed by atoms with Crippen LogP contribution < -0.4 is 0 Å². The van der Waals surface area contributed by atoms with E-state index in [1.807, 2.05) is 0 Å². The lowest BCUT2D eigenvalue weighted by molar-refractivity contribution is -0.141. The highest BCUT2D eigenvalue weighted by Crippen LogP contribution is 2.34. The van der Waals surface area contributed by atoms with Crippen LogP contribution in [0.3, 0.4) is 0 Å². The third kappa shape index (κ3) is 2.13. The number of hydrogen-bond acceptors (Lipinski definition) is 2. The van der Waals surface area contributed by atoms with Crippen molar-refractivity contribution in [2.75, 3.05) is 7.11 Å². The molecule has 0 amide bonds. The number of nitrogens with one attached hydrogen (secondary N) is 1. The van der Waals surface area contributed by atoms with Gasteiger partial charge in [-0.1, -0.05) is 11.6 Å². The smallest absolute Gasteiger partial charge is 0.378 e. The summed E-state index contributed by atoms with van der Waals surface area (Å²) in [7, 11) is 1.35. The fraction of sp³-hybridized carbons (Fsp3) is 0.500. The second-order valence-electron chi connectivity index (χ2n) is 2.30. The predicted molar refractivity (Wildman–Crippen MR) is 39.3 cm³/mol. The summed E-state index contributed by atoms with van der Waals surface area (Å²) in [5.41, 5.74) is -0.988. The van der Waals surface area contributed by atoms with Gasteiger partial charge in [-0.05, 0) is 0 Å². The molecule has 3 nitrogen and oxygen atoms in total. The van der Waals surface area contributed by atoms with Crippen molar-refractivity contribution < 1.29 is 17.9 Å². The SMILES string of the molecule is COCc1[nH]nc(C(F)(F)F)c1Cl. The highest BCUT2D eigenvalue weighted by atomic mass is 35.5. The molecule has 1 N–H and O–H groups in total. The van der Waals surface area contributed by atoms with Crippen LogP contribution in [0.15, 0.2) is 0 Å². The molecule has 0 aliphatic rings. The first-order valence-electron chi connectivity index (χ1n) is 3.25. The second-order valence-corrected chi connectivity index (χ2v) is 2.67. The van der Waals surface area contributed by atoms with Gasteiger partial charge in [0.15, 0.2) is 5.69 Å². The average molecular weight is 215 g/mol. The molecule has 7 heteroatoms. The van der Waals surface area contributed by atoms with Crippen molar-refractivity contribution in [3.8, 4) is 0 Å². The van der Waals surface area contributed by atoms with Gasteiger partial charge in [0.25, 0.3) is 0 Å². The van der Waals surface area contributed by atoms with E-state index in [1.165, 1.54) is 7.11 Å². The van der Waals surface area contributed by atoms with Crippen molar-refractivity contribution in [2.45, 2.75) is 12.8 Å². The highest BCUT2D eigenvalue weighted by Gasteiger charge is 2.37. The van der Waals surface area contributed by atoms with E-state index in [2.05, 4.69) is 14.9 Å². The van der Waals surface area contributed by atoms with Crippen molar-refractivity contribution in [3.05, 3.63) is 16.4 Å². The summed E-state index contributed by atoms with van der Waals surface area (Å²) in [5, 5.41) is 4.76. The highest BCUT2D eigenvalue weighted by molar-refractivity contribution is 6.31. The van der Waals surface area contributed by atoms with Crippen molar-refractivity contribution in [2.24, 2.45) is 0 Å². The molecule has 0 atom stereocenters. The minimum atomic E-state index is -4.53. The lowest BCUT2D eigenvalue weighted by Crippen LogP contribution is -2.06. The van der Waals surface area contributed by atoms with Gasteiger partial charge in [-0.25, -0.2) is 0 Å². The van der Waals surface area contributed by atoms with Gasteiger partial charge in [0.1, 0.15) is 0 Å². The molecule has 0 saturated carbocycles. The molecule has 1 heterocycles. The van der Waals surface area contributed by atoms with Crippen LogP contribution >= 0.6 is 11.6 Å². The number of rotatable bonds is 2.